The molecule has 0 saturated carbocycles. The lowest BCUT2D eigenvalue weighted by atomic mass is 10.1. The van der Waals surface area contributed by atoms with E-state index in [2.05, 4.69) is 9.88 Å². The number of piperazine rings is 1. The first-order valence-electron chi connectivity index (χ1n) is 9.34. The average molecular weight is 399 g/mol. The van der Waals surface area contributed by atoms with Gasteiger partial charge in [0, 0.05) is 44.3 Å². The summed E-state index contributed by atoms with van der Waals surface area (Å²) in [5, 5.41) is 0.821. The molecule has 0 aliphatic carbocycles. The quantitative estimate of drug-likeness (QED) is 0.662. The van der Waals surface area contributed by atoms with Crippen LogP contribution in [0.4, 0.5) is 4.39 Å². The van der Waals surface area contributed by atoms with Gasteiger partial charge >= 0.3 is 0 Å². The number of rotatable bonds is 5. The maximum absolute atomic E-state index is 13.0. The molecule has 0 spiro atoms. The summed E-state index contributed by atoms with van der Waals surface area (Å²) in [4.78, 5) is 6.80. The van der Waals surface area contributed by atoms with E-state index in [0.717, 1.165) is 29.4 Å². The third-order valence-corrected chi connectivity index (χ3v) is 7.07. The smallest absolute Gasteiger partial charge is 0.243 e. The zero-order valence-electron chi connectivity index (χ0n) is 15.5. The van der Waals surface area contributed by atoms with Crippen LogP contribution in [-0.2, 0) is 16.4 Å². The maximum atomic E-state index is 13.0. The summed E-state index contributed by atoms with van der Waals surface area (Å²) >= 11 is 0. The molecule has 0 atom stereocenters. The van der Waals surface area contributed by atoms with Gasteiger partial charge in [0.05, 0.1) is 10.4 Å². The molecule has 7 heteroatoms. The molecule has 2 heterocycles. The van der Waals surface area contributed by atoms with E-state index < -0.39 is 10.0 Å². The van der Waals surface area contributed by atoms with Gasteiger partial charge in [0.1, 0.15) is 5.82 Å². The van der Waals surface area contributed by atoms with Gasteiger partial charge in [0.2, 0.25) is 10.0 Å². The standard InChI is InChI=1S/C21H22FN3O2S/c22-19-5-3-17(4-6-19)9-11-24-12-14-25(15-13-24)28(26,27)20-7-8-21-18(16-20)2-1-10-23-21/h1-8,10,16H,9,11-15H2. The van der Waals surface area contributed by atoms with E-state index in [4.69, 9.17) is 0 Å². The Morgan fingerprint density at radius 1 is 0.964 bits per heavy atom. The summed E-state index contributed by atoms with van der Waals surface area (Å²) in [6, 6.07) is 15.3. The van der Waals surface area contributed by atoms with Crippen LogP contribution in [0.15, 0.2) is 65.7 Å². The van der Waals surface area contributed by atoms with Crippen LogP contribution in [0.5, 0.6) is 0 Å². The molecule has 146 valence electrons. The van der Waals surface area contributed by atoms with E-state index in [1.54, 1.807) is 46.9 Å². The maximum Gasteiger partial charge on any atom is 0.243 e. The van der Waals surface area contributed by atoms with Crippen LogP contribution >= 0.6 is 0 Å². The summed E-state index contributed by atoms with van der Waals surface area (Å²) in [6.07, 6.45) is 2.52. The van der Waals surface area contributed by atoms with E-state index in [9.17, 15) is 12.8 Å². The largest absolute Gasteiger partial charge is 0.300 e. The van der Waals surface area contributed by atoms with Crippen LogP contribution < -0.4 is 0 Å². The van der Waals surface area contributed by atoms with Crippen molar-refractivity contribution in [3.05, 3.63) is 72.2 Å². The molecule has 28 heavy (non-hydrogen) atoms. The highest BCUT2D eigenvalue weighted by Crippen LogP contribution is 2.22. The van der Waals surface area contributed by atoms with Crippen molar-refractivity contribution < 1.29 is 12.8 Å². The predicted molar refractivity (Wildman–Crippen MR) is 107 cm³/mol. The van der Waals surface area contributed by atoms with Crippen molar-refractivity contribution in [2.75, 3.05) is 32.7 Å². The topological polar surface area (TPSA) is 53.5 Å². The Morgan fingerprint density at radius 3 is 2.46 bits per heavy atom. The van der Waals surface area contributed by atoms with Crippen LogP contribution in [0.25, 0.3) is 10.9 Å². The van der Waals surface area contributed by atoms with Crippen molar-refractivity contribution in [1.82, 2.24) is 14.2 Å². The van der Waals surface area contributed by atoms with Crippen molar-refractivity contribution in [2.45, 2.75) is 11.3 Å². The zero-order valence-corrected chi connectivity index (χ0v) is 16.3. The van der Waals surface area contributed by atoms with Gasteiger partial charge < -0.3 is 4.90 Å². The first-order chi connectivity index (χ1) is 13.5. The fourth-order valence-electron chi connectivity index (χ4n) is 3.49. The molecule has 0 radical (unpaired) electrons. The fraction of sp³-hybridized carbons (Fsp3) is 0.286. The molecule has 0 unspecified atom stereocenters. The van der Waals surface area contributed by atoms with E-state index in [0.29, 0.717) is 31.1 Å². The number of hydrogen-bond acceptors (Lipinski definition) is 4. The number of pyridine rings is 1. The van der Waals surface area contributed by atoms with Crippen LogP contribution in [0.2, 0.25) is 0 Å². The van der Waals surface area contributed by atoms with Gasteiger partial charge in [0.25, 0.3) is 0 Å². The summed E-state index contributed by atoms with van der Waals surface area (Å²) in [6.45, 7) is 3.15. The molecule has 5 nitrogen and oxygen atoms in total. The third kappa shape index (κ3) is 4.06. The highest BCUT2D eigenvalue weighted by Gasteiger charge is 2.28. The molecular weight excluding hydrogens is 377 g/mol. The molecule has 3 aromatic rings. The Hall–Kier alpha value is -2.35. The number of benzene rings is 2. The Morgan fingerprint density at radius 2 is 1.71 bits per heavy atom. The summed E-state index contributed by atoms with van der Waals surface area (Å²) in [7, 11) is -3.51. The number of aromatic nitrogens is 1. The van der Waals surface area contributed by atoms with Crippen LogP contribution in [0, 0.1) is 5.82 Å². The minimum atomic E-state index is -3.51. The van der Waals surface area contributed by atoms with Crippen LogP contribution in [-0.4, -0.2) is 55.3 Å². The van der Waals surface area contributed by atoms with Crippen molar-refractivity contribution in [3.8, 4) is 0 Å². The Balaban J connectivity index is 1.38. The lowest BCUT2D eigenvalue weighted by Gasteiger charge is -2.34. The summed E-state index contributed by atoms with van der Waals surface area (Å²) in [5.74, 6) is -0.230. The van der Waals surface area contributed by atoms with Crippen LogP contribution in [0.3, 0.4) is 0 Å². The molecular formula is C21H22FN3O2S. The van der Waals surface area contributed by atoms with Gasteiger partial charge in [0.15, 0.2) is 0 Å². The third-order valence-electron chi connectivity index (χ3n) is 5.17. The highest BCUT2D eigenvalue weighted by atomic mass is 32.2. The molecule has 0 N–H and O–H groups in total. The zero-order chi connectivity index (χ0) is 19.6. The van der Waals surface area contributed by atoms with E-state index in [1.807, 2.05) is 6.07 Å². The van der Waals surface area contributed by atoms with Crippen LogP contribution in [0.1, 0.15) is 5.56 Å². The Bertz CT molecular complexity index is 1060. The van der Waals surface area contributed by atoms with Gasteiger partial charge in [-0.3, -0.25) is 4.98 Å². The first-order valence-corrected chi connectivity index (χ1v) is 10.8. The second-order valence-corrected chi connectivity index (χ2v) is 8.92. The number of halogens is 1. The summed E-state index contributed by atoms with van der Waals surface area (Å²) < 4.78 is 40.5. The summed E-state index contributed by atoms with van der Waals surface area (Å²) in [5.41, 5.74) is 1.87. The number of hydrogen-bond donors (Lipinski definition) is 0. The second kappa shape index (κ2) is 7.95. The van der Waals surface area contributed by atoms with Gasteiger partial charge in [-0.25, -0.2) is 12.8 Å². The van der Waals surface area contributed by atoms with Crippen molar-refractivity contribution in [3.63, 3.8) is 0 Å². The molecule has 1 fully saturated rings. The highest BCUT2D eigenvalue weighted by molar-refractivity contribution is 7.89. The van der Waals surface area contributed by atoms with Gasteiger partial charge in [-0.2, -0.15) is 4.31 Å². The van der Waals surface area contributed by atoms with Crippen molar-refractivity contribution >= 4 is 20.9 Å². The van der Waals surface area contributed by atoms with Crippen molar-refractivity contribution in [2.24, 2.45) is 0 Å². The van der Waals surface area contributed by atoms with E-state index in [-0.39, 0.29) is 5.82 Å². The molecule has 0 amide bonds. The number of sulfonamides is 1. The Kier molecular flexibility index (Phi) is 5.39. The fourth-order valence-corrected chi connectivity index (χ4v) is 4.95. The normalized spacial score (nSPS) is 16.5. The first kappa shape index (κ1) is 19.0. The van der Waals surface area contributed by atoms with E-state index in [1.165, 1.54) is 12.1 Å². The van der Waals surface area contributed by atoms with Gasteiger partial charge in [-0.05, 0) is 48.4 Å². The van der Waals surface area contributed by atoms with Gasteiger partial charge in [-0.15, -0.1) is 0 Å². The monoisotopic (exact) mass is 399 g/mol. The molecule has 4 rings (SSSR count). The van der Waals surface area contributed by atoms with Crippen molar-refractivity contribution in [1.29, 1.82) is 0 Å². The molecule has 2 aromatic carbocycles. The minimum Gasteiger partial charge on any atom is -0.300 e. The minimum absolute atomic E-state index is 0.230. The van der Waals surface area contributed by atoms with Gasteiger partial charge in [-0.1, -0.05) is 18.2 Å². The molecule has 1 saturated heterocycles. The molecule has 1 aromatic heterocycles. The second-order valence-electron chi connectivity index (χ2n) is 6.98. The van der Waals surface area contributed by atoms with E-state index >= 15 is 0 Å². The average Bonchev–Trinajstić information content (AvgIpc) is 2.73. The Labute approximate surface area is 164 Å². The number of nitrogens with zero attached hydrogens (tertiary/aromatic N) is 3. The molecule has 1 aliphatic rings. The lowest BCUT2D eigenvalue weighted by molar-refractivity contribution is 0.190. The SMILES string of the molecule is O=S(=O)(c1ccc2ncccc2c1)N1CCN(CCc2ccc(F)cc2)CC1. The molecule has 1 aliphatic heterocycles. The lowest BCUT2D eigenvalue weighted by Crippen LogP contribution is -2.48. The number of fused-ring (bicyclic) bond motifs is 1. The predicted octanol–water partition coefficient (Wildman–Crippen LogP) is 2.92. The molecule has 0 bridgehead atoms.